The summed E-state index contributed by atoms with van der Waals surface area (Å²) < 4.78 is 13.1. The SMILES string of the molecule is CCCNC(=O)c1nc(-c2cnc3[nH]c(-c4ccc(F)cc4)cc3c2)cs1. The number of aromatic nitrogens is 3. The van der Waals surface area contributed by atoms with Crippen molar-refractivity contribution in [1.82, 2.24) is 20.3 Å². The largest absolute Gasteiger partial charge is 0.350 e. The van der Waals surface area contributed by atoms with Crippen molar-refractivity contribution in [2.45, 2.75) is 13.3 Å². The second-order valence-corrected chi connectivity index (χ2v) is 7.00. The zero-order chi connectivity index (χ0) is 18.8. The van der Waals surface area contributed by atoms with E-state index in [0.29, 0.717) is 11.6 Å². The molecule has 0 bridgehead atoms. The van der Waals surface area contributed by atoms with E-state index < -0.39 is 0 Å². The highest BCUT2D eigenvalue weighted by atomic mass is 32.1. The van der Waals surface area contributed by atoms with Crippen LogP contribution < -0.4 is 5.32 Å². The van der Waals surface area contributed by atoms with Gasteiger partial charge in [0.05, 0.1) is 5.69 Å². The molecule has 0 radical (unpaired) electrons. The minimum atomic E-state index is -0.266. The summed E-state index contributed by atoms with van der Waals surface area (Å²) in [5, 5.41) is 6.06. The summed E-state index contributed by atoms with van der Waals surface area (Å²) in [6.07, 6.45) is 2.62. The predicted molar refractivity (Wildman–Crippen MR) is 105 cm³/mol. The zero-order valence-corrected chi connectivity index (χ0v) is 15.4. The molecule has 5 nitrogen and oxygen atoms in total. The second-order valence-electron chi connectivity index (χ2n) is 6.15. The number of thiazole rings is 1. The number of rotatable bonds is 5. The fourth-order valence-corrected chi connectivity index (χ4v) is 3.51. The first-order chi connectivity index (χ1) is 13.1. The van der Waals surface area contributed by atoms with Gasteiger partial charge < -0.3 is 10.3 Å². The van der Waals surface area contributed by atoms with Gasteiger partial charge in [0.15, 0.2) is 5.01 Å². The Balaban J connectivity index is 1.63. The van der Waals surface area contributed by atoms with Crippen molar-refractivity contribution in [3.63, 3.8) is 0 Å². The van der Waals surface area contributed by atoms with E-state index in [9.17, 15) is 9.18 Å². The number of pyridine rings is 1. The van der Waals surface area contributed by atoms with Gasteiger partial charge in [0.25, 0.3) is 5.91 Å². The summed E-state index contributed by atoms with van der Waals surface area (Å²) in [6, 6.07) is 10.3. The van der Waals surface area contributed by atoms with Gasteiger partial charge in [-0.2, -0.15) is 0 Å². The Morgan fingerprint density at radius 2 is 2.04 bits per heavy atom. The van der Waals surface area contributed by atoms with Crippen molar-refractivity contribution in [2.75, 3.05) is 6.54 Å². The molecule has 0 atom stereocenters. The molecular formula is C20H17FN4OS. The lowest BCUT2D eigenvalue weighted by Crippen LogP contribution is -2.23. The molecule has 0 spiro atoms. The maximum atomic E-state index is 13.1. The molecule has 0 unspecified atom stereocenters. The zero-order valence-electron chi connectivity index (χ0n) is 14.6. The number of hydrogen-bond donors (Lipinski definition) is 2. The van der Waals surface area contributed by atoms with Gasteiger partial charge in [-0.05, 0) is 48.4 Å². The van der Waals surface area contributed by atoms with Gasteiger partial charge in [0, 0.05) is 34.8 Å². The van der Waals surface area contributed by atoms with Crippen LogP contribution in [0, 0.1) is 5.82 Å². The molecule has 0 fully saturated rings. The normalized spacial score (nSPS) is 11.0. The van der Waals surface area contributed by atoms with E-state index in [4.69, 9.17) is 0 Å². The number of nitrogens with zero attached hydrogens (tertiary/aromatic N) is 2. The van der Waals surface area contributed by atoms with Crippen LogP contribution in [0.15, 0.2) is 48.0 Å². The van der Waals surface area contributed by atoms with Gasteiger partial charge in [-0.3, -0.25) is 4.79 Å². The Morgan fingerprint density at radius 1 is 1.22 bits per heavy atom. The number of carbonyl (C=O) groups is 1. The topological polar surface area (TPSA) is 70.7 Å². The Bertz CT molecular complexity index is 1100. The van der Waals surface area contributed by atoms with Gasteiger partial charge in [-0.25, -0.2) is 14.4 Å². The summed E-state index contributed by atoms with van der Waals surface area (Å²) in [4.78, 5) is 24.2. The van der Waals surface area contributed by atoms with Crippen molar-refractivity contribution < 1.29 is 9.18 Å². The molecule has 4 aromatic rings. The van der Waals surface area contributed by atoms with E-state index in [1.54, 1.807) is 18.3 Å². The molecule has 7 heteroatoms. The van der Waals surface area contributed by atoms with Gasteiger partial charge in [0.2, 0.25) is 0 Å². The third-order valence-electron chi connectivity index (χ3n) is 4.16. The smallest absolute Gasteiger partial charge is 0.280 e. The first kappa shape index (κ1) is 17.4. The van der Waals surface area contributed by atoms with Crippen molar-refractivity contribution in [3.8, 4) is 22.5 Å². The predicted octanol–water partition coefficient (Wildman–Crippen LogP) is 4.63. The number of nitrogens with one attached hydrogen (secondary N) is 2. The standard InChI is InChI=1S/C20H17FN4OS/c1-2-7-22-19(26)20-25-17(11-27-20)14-8-13-9-16(24-18(13)23-10-14)12-3-5-15(21)6-4-12/h3-6,8-11H,2,7H2,1H3,(H,22,26)(H,23,24). The van der Waals surface area contributed by atoms with Crippen LogP contribution in [0.5, 0.6) is 0 Å². The van der Waals surface area contributed by atoms with Crippen LogP contribution in [-0.4, -0.2) is 27.4 Å². The van der Waals surface area contributed by atoms with E-state index >= 15 is 0 Å². The first-order valence-corrected chi connectivity index (χ1v) is 9.51. The van der Waals surface area contributed by atoms with Crippen LogP contribution in [0.25, 0.3) is 33.5 Å². The summed E-state index contributed by atoms with van der Waals surface area (Å²) in [5.41, 5.74) is 4.07. The average Bonchev–Trinajstić information content (AvgIpc) is 3.33. The van der Waals surface area contributed by atoms with Crippen LogP contribution >= 0.6 is 11.3 Å². The Morgan fingerprint density at radius 3 is 2.81 bits per heavy atom. The van der Waals surface area contributed by atoms with E-state index in [2.05, 4.69) is 20.3 Å². The van der Waals surface area contributed by atoms with Crippen molar-refractivity contribution in [3.05, 3.63) is 58.8 Å². The molecule has 0 saturated heterocycles. The lowest BCUT2D eigenvalue weighted by Gasteiger charge is -1.99. The van der Waals surface area contributed by atoms with E-state index in [-0.39, 0.29) is 11.7 Å². The second kappa shape index (κ2) is 7.28. The number of aromatic amines is 1. The number of fused-ring (bicyclic) bond motifs is 1. The Labute approximate surface area is 159 Å². The van der Waals surface area contributed by atoms with Gasteiger partial charge >= 0.3 is 0 Å². The van der Waals surface area contributed by atoms with Gasteiger partial charge in [0.1, 0.15) is 11.5 Å². The van der Waals surface area contributed by atoms with Crippen LogP contribution in [-0.2, 0) is 0 Å². The van der Waals surface area contributed by atoms with E-state index in [1.807, 2.05) is 24.4 Å². The minimum absolute atomic E-state index is 0.151. The highest BCUT2D eigenvalue weighted by Crippen LogP contribution is 2.28. The molecule has 27 heavy (non-hydrogen) atoms. The molecule has 0 saturated carbocycles. The fourth-order valence-electron chi connectivity index (χ4n) is 2.77. The summed E-state index contributed by atoms with van der Waals surface area (Å²) in [7, 11) is 0. The number of benzene rings is 1. The number of amides is 1. The number of hydrogen-bond acceptors (Lipinski definition) is 4. The van der Waals surface area contributed by atoms with Crippen LogP contribution in [0.1, 0.15) is 23.1 Å². The molecular weight excluding hydrogens is 363 g/mol. The quantitative estimate of drug-likeness (QED) is 0.530. The van der Waals surface area contributed by atoms with Crippen LogP contribution in [0.3, 0.4) is 0 Å². The Hall–Kier alpha value is -3.06. The summed E-state index contributed by atoms with van der Waals surface area (Å²) >= 11 is 1.32. The number of carbonyl (C=O) groups excluding carboxylic acids is 1. The molecule has 3 heterocycles. The summed E-state index contributed by atoms with van der Waals surface area (Å²) in [5.74, 6) is -0.417. The number of halogens is 1. The molecule has 3 aromatic heterocycles. The molecule has 2 N–H and O–H groups in total. The third-order valence-corrected chi connectivity index (χ3v) is 5.00. The average molecular weight is 380 g/mol. The molecule has 0 aliphatic rings. The number of H-pyrrole nitrogens is 1. The lowest BCUT2D eigenvalue weighted by molar-refractivity contribution is 0.0953. The first-order valence-electron chi connectivity index (χ1n) is 8.63. The van der Waals surface area contributed by atoms with Gasteiger partial charge in [-0.15, -0.1) is 11.3 Å². The lowest BCUT2D eigenvalue weighted by atomic mass is 10.1. The fraction of sp³-hybridized carbons (Fsp3) is 0.150. The molecule has 4 rings (SSSR count). The molecule has 136 valence electrons. The molecule has 0 aliphatic heterocycles. The molecule has 1 aromatic carbocycles. The highest BCUT2D eigenvalue weighted by Gasteiger charge is 2.13. The van der Waals surface area contributed by atoms with Gasteiger partial charge in [-0.1, -0.05) is 6.92 Å². The van der Waals surface area contributed by atoms with Crippen LogP contribution in [0.2, 0.25) is 0 Å². The molecule has 1 amide bonds. The minimum Gasteiger partial charge on any atom is -0.350 e. The third kappa shape index (κ3) is 3.59. The van der Waals surface area contributed by atoms with E-state index in [1.165, 1.54) is 23.5 Å². The van der Waals surface area contributed by atoms with Crippen molar-refractivity contribution >= 4 is 28.3 Å². The van der Waals surface area contributed by atoms with Crippen LogP contribution in [0.4, 0.5) is 4.39 Å². The summed E-state index contributed by atoms with van der Waals surface area (Å²) in [6.45, 7) is 2.64. The van der Waals surface area contributed by atoms with Crippen molar-refractivity contribution in [1.29, 1.82) is 0 Å². The maximum absolute atomic E-state index is 13.1. The Kier molecular flexibility index (Phi) is 4.68. The highest BCUT2D eigenvalue weighted by molar-refractivity contribution is 7.12. The van der Waals surface area contributed by atoms with E-state index in [0.717, 1.165) is 40.0 Å². The van der Waals surface area contributed by atoms with Crippen molar-refractivity contribution in [2.24, 2.45) is 0 Å². The molecule has 0 aliphatic carbocycles. The monoisotopic (exact) mass is 380 g/mol. The maximum Gasteiger partial charge on any atom is 0.280 e.